The van der Waals surface area contributed by atoms with E-state index in [1.807, 2.05) is 132 Å². The third-order valence-corrected chi connectivity index (χ3v) is 30.7. The number of hydrogen-bond acceptors (Lipinski definition) is 6. The molecule has 0 saturated carbocycles. The number of fused-ring (bicyclic) bond motifs is 18. The van der Waals surface area contributed by atoms with Gasteiger partial charge in [0.05, 0.1) is 21.9 Å². The Morgan fingerprint density at radius 1 is 0.183 bits per heavy atom. The minimum atomic E-state index is -0.323. The summed E-state index contributed by atoms with van der Waals surface area (Å²) >= 11 is 7.30. The Kier molecular flexibility index (Phi) is 21.7. The third-order valence-electron chi connectivity index (χ3n) is 26.0. The second kappa shape index (κ2) is 39.0. The first kappa shape index (κ1) is 79.1. The Morgan fingerprint density at radius 3 is 0.824 bits per heavy atom. The van der Waals surface area contributed by atoms with E-state index in [4.69, 9.17) is 30.8 Å². The SMILES string of the molecule is CC(C)(C)c1c(-c2ccccc2)ccc2c1sc1ccccc12.CC(C)(C)c1c(-c2ccccc2)ccc2sc3ccccc3c12.[2H]c1c([2H])c(-c2ccc3c(oc4ccccc43)c2C(C)(C)C)c([2H])c([2H])c1C.[2H]c1c([2H])c(-c2ccc3c(sc4ccccc43)c2C(C)(C)C)c([2H])c([2H])c1C.[2H]c1c([2H])c(-c2ccc3oc4ccccc4c3c2C(C)(C)C)c([2H])c([2H])c1C.[2H]c1c([2H])c(-c2ccc3sc4ccccc4c3c2C(C)(C)C)c([2H])c([2H])c1C. The van der Waals surface area contributed by atoms with Crippen LogP contribution in [0.5, 0.6) is 0 Å². The summed E-state index contributed by atoms with van der Waals surface area (Å²) in [6, 6.07) is 96.5. The molecule has 0 amide bonds. The lowest BCUT2D eigenvalue weighted by Gasteiger charge is -2.25. The van der Waals surface area contributed by atoms with Gasteiger partial charge in [-0.05, 0) is 215 Å². The van der Waals surface area contributed by atoms with E-state index in [1.165, 1.54) is 104 Å². The first-order valence-electron chi connectivity index (χ1n) is 56.7. The molecule has 6 heteroatoms. The standard InChI is InChI=1S/2C23H22O.2C23H22S.2C22H20S/c1-15-9-11-16(12-10-15)17-13-14-19-18-7-5-6-8-20(18)24-22(19)21(17)23(2,3)4;1-15-9-11-16(12-10-15)17-13-14-20-21(22(17)23(2,3)4)18-7-5-6-8-19(18)24-20;1-15-9-11-16(12-10-15)17-13-14-19-18-7-5-6-8-20(18)24-22(19)21(17)23(2,3)4;1-15-9-11-16(12-10-15)17-13-14-20-21(22(17)23(2,3)4)18-7-5-6-8-19(18)24-20;1-22(2,3)20-16(15-9-5-4-6-10-15)13-14-18-17-11-7-8-12-19(17)23-21(18)20;1-22(2,3)21-16(15-9-5-4-6-10-15)13-14-19-20(21)17-11-7-8-12-18(17)23-19/h4*5-14H,1-4H3;2*4-14H,1-3H3/i4*9D,10D,11D,12D;;. The van der Waals surface area contributed by atoms with E-state index in [-0.39, 0.29) is 129 Å². The first-order valence-corrected chi connectivity index (χ1v) is 52.0. The molecule has 0 spiro atoms. The summed E-state index contributed by atoms with van der Waals surface area (Å²) in [7, 11) is 0. The molecule has 708 valence electrons. The van der Waals surface area contributed by atoms with Gasteiger partial charge in [0.1, 0.15) is 22.3 Å². The van der Waals surface area contributed by atoms with Gasteiger partial charge < -0.3 is 8.83 Å². The number of rotatable bonds is 6. The van der Waals surface area contributed by atoms with Crippen LogP contribution >= 0.6 is 45.3 Å². The van der Waals surface area contributed by atoms with Gasteiger partial charge in [0, 0.05) is 108 Å². The van der Waals surface area contributed by atoms with Crippen LogP contribution < -0.4 is 0 Å². The lowest BCUT2D eigenvalue weighted by atomic mass is 9.79. The molecular formula is C136H128O2S4. The largest absolute Gasteiger partial charge is 0.456 e. The third kappa shape index (κ3) is 19.6. The zero-order valence-electron chi connectivity index (χ0n) is 101. The lowest BCUT2D eigenvalue weighted by molar-refractivity contribution is 0.574. The fraction of sp³-hybridized carbons (Fsp3) is 0.206. The van der Waals surface area contributed by atoms with Crippen LogP contribution in [0.4, 0.5) is 0 Å². The predicted octanol–water partition coefficient (Wildman–Crippen LogP) is 42.4. The van der Waals surface area contributed by atoms with Crippen LogP contribution in [-0.4, -0.2) is 0 Å². The zero-order chi connectivity index (χ0) is 114. The van der Waals surface area contributed by atoms with Crippen LogP contribution in [0.15, 0.2) is 385 Å². The van der Waals surface area contributed by atoms with Crippen LogP contribution in [0.3, 0.4) is 0 Å². The summed E-state index contributed by atoms with van der Waals surface area (Å²) in [5.74, 6) is 0. The molecule has 0 atom stereocenters. The molecule has 0 aliphatic rings. The monoisotopic (exact) mass is 1940 g/mol. The molecule has 6 aromatic heterocycles. The highest BCUT2D eigenvalue weighted by molar-refractivity contribution is 7.27. The molecule has 0 N–H and O–H groups in total. The Morgan fingerprint density at radius 2 is 0.451 bits per heavy atom. The van der Waals surface area contributed by atoms with Gasteiger partial charge in [-0.3, -0.25) is 0 Å². The summed E-state index contributed by atoms with van der Waals surface area (Å²) in [6.45, 7) is 45.8. The van der Waals surface area contributed by atoms with Gasteiger partial charge in [-0.15, -0.1) is 45.3 Å². The molecule has 0 saturated heterocycles. The van der Waals surface area contributed by atoms with Crippen LogP contribution in [0.2, 0.25) is 0 Å². The second-order valence-corrected chi connectivity index (χ2v) is 47.3. The van der Waals surface area contributed by atoms with E-state index >= 15 is 0 Å². The van der Waals surface area contributed by atoms with Crippen LogP contribution in [0.25, 0.3) is 191 Å². The molecule has 18 aromatic carbocycles. The molecule has 2 nitrogen and oxygen atoms in total. The van der Waals surface area contributed by atoms with Gasteiger partial charge in [-0.1, -0.05) is 462 Å². The highest BCUT2D eigenvalue weighted by Crippen LogP contribution is 2.52. The van der Waals surface area contributed by atoms with E-state index in [0.717, 1.165) is 92.9 Å². The van der Waals surface area contributed by atoms with Crippen molar-refractivity contribution in [2.24, 2.45) is 0 Å². The molecule has 0 radical (unpaired) electrons. The number of benzene rings is 18. The Bertz CT molecular complexity index is 9340. The van der Waals surface area contributed by atoms with Gasteiger partial charge in [0.15, 0.2) is 0 Å². The van der Waals surface area contributed by atoms with Crippen molar-refractivity contribution >= 4 is 170 Å². The molecule has 0 aliphatic heterocycles. The van der Waals surface area contributed by atoms with Crippen molar-refractivity contribution in [3.63, 3.8) is 0 Å². The predicted molar refractivity (Wildman–Crippen MR) is 629 cm³/mol. The van der Waals surface area contributed by atoms with Crippen molar-refractivity contribution in [2.75, 3.05) is 0 Å². The molecule has 142 heavy (non-hydrogen) atoms. The van der Waals surface area contributed by atoms with E-state index in [9.17, 15) is 0 Å². The van der Waals surface area contributed by atoms with Crippen molar-refractivity contribution in [3.8, 4) is 66.8 Å². The molecule has 24 aromatic rings. The molecule has 0 aliphatic carbocycles. The molecule has 0 fully saturated rings. The smallest absolute Gasteiger partial charge is 0.139 e. The summed E-state index contributed by atoms with van der Waals surface area (Å²) < 4.78 is 157. The maximum absolute atomic E-state index is 8.56. The van der Waals surface area contributed by atoms with Crippen molar-refractivity contribution in [3.05, 3.63) is 431 Å². The fourth-order valence-corrected chi connectivity index (χ4v) is 25.1. The van der Waals surface area contributed by atoms with Crippen molar-refractivity contribution < 1.29 is 30.8 Å². The summed E-state index contributed by atoms with van der Waals surface area (Å²) in [5, 5.41) is 14.3. The average Bonchev–Trinajstić information content (AvgIpc) is 1.55. The highest BCUT2D eigenvalue weighted by Gasteiger charge is 2.32. The van der Waals surface area contributed by atoms with Gasteiger partial charge in [0.2, 0.25) is 0 Å². The second-order valence-electron chi connectivity index (χ2n) is 43.0. The van der Waals surface area contributed by atoms with Crippen LogP contribution in [0, 0.1) is 27.7 Å². The van der Waals surface area contributed by atoms with Gasteiger partial charge >= 0.3 is 0 Å². The highest BCUT2D eigenvalue weighted by atomic mass is 32.1. The molecule has 6 heterocycles. The summed E-state index contributed by atoms with van der Waals surface area (Å²) in [4.78, 5) is 0. The van der Waals surface area contributed by atoms with E-state index in [1.54, 1.807) is 50.4 Å². The van der Waals surface area contributed by atoms with Crippen LogP contribution in [-0.2, 0) is 32.5 Å². The van der Waals surface area contributed by atoms with E-state index < -0.39 is 0 Å². The topological polar surface area (TPSA) is 26.3 Å². The van der Waals surface area contributed by atoms with E-state index in [0.29, 0.717) is 50.1 Å². The number of thiophene rings is 4. The Labute approximate surface area is 877 Å². The minimum absolute atomic E-state index is 0.000520. The maximum atomic E-state index is 8.56. The molecular weight excluding hydrogens is 1790 g/mol. The molecule has 0 unspecified atom stereocenters. The quantitative estimate of drug-likeness (QED) is 0.166. The number of hydrogen-bond donors (Lipinski definition) is 0. The first-order chi connectivity index (χ1) is 74.6. The molecule has 0 bridgehead atoms. The van der Waals surface area contributed by atoms with Crippen molar-refractivity contribution in [1.82, 2.24) is 0 Å². The Balaban J connectivity index is 0.000000118. The van der Waals surface area contributed by atoms with E-state index in [2.05, 4.69) is 294 Å². The average molecular weight is 1940 g/mol. The maximum Gasteiger partial charge on any atom is 0.139 e. The van der Waals surface area contributed by atoms with Gasteiger partial charge in [-0.25, -0.2) is 0 Å². The zero-order valence-corrected chi connectivity index (χ0v) is 88.3. The lowest BCUT2D eigenvalue weighted by Crippen LogP contribution is -2.13. The Hall–Kier alpha value is -13.6. The number of furan rings is 2. The normalized spacial score (nSPS) is 13.7. The fourth-order valence-electron chi connectivity index (χ4n) is 20.0. The number of para-hydroxylation sites is 2. The minimum Gasteiger partial charge on any atom is -0.456 e. The van der Waals surface area contributed by atoms with Gasteiger partial charge in [0.25, 0.3) is 0 Å². The van der Waals surface area contributed by atoms with Gasteiger partial charge in [-0.2, -0.15) is 0 Å². The summed E-state index contributed by atoms with van der Waals surface area (Å²) in [5.41, 5.74) is 20.4. The van der Waals surface area contributed by atoms with Crippen LogP contribution in [0.1, 0.15) is 202 Å². The van der Waals surface area contributed by atoms with Crippen molar-refractivity contribution in [1.29, 1.82) is 0 Å². The molecule has 24 rings (SSSR count). The summed E-state index contributed by atoms with van der Waals surface area (Å²) in [6.07, 6.45) is 0. The van der Waals surface area contributed by atoms with Crippen molar-refractivity contribution in [2.45, 2.75) is 185 Å².